The summed E-state index contributed by atoms with van der Waals surface area (Å²) in [5.74, 6) is -0.901. The van der Waals surface area contributed by atoms with Crippen molar-refractivity contribution in [3.8, 4) is 0 Å². The monoisotopic (exact) mass is 1020 g/mol. The third-order valence-corrected chi connectivity index (χ3v) is 14.3. The van der Waals surface area contributed by atoms with Crippen LogP contribution in [0.5, 0.6) is 0 Å². The lowest BCUT2D eigenvalue weighted by atomic mass is 10.0. The highest BCUT2D eigenvalue weighted by Gasteiger charge is 2.19. The summed E-state index contributed by atoms with van der Waals surface area (Å²) in [5, 5.41) is 0. The number of esters is 3. The van der Waals surface area contributed by atoms with E-state index in [9.17, 15) is 14.4 Å². The minimum Gasteiger partial charge on any atom is -0.462 e. The molecule has 0 rings (SSSR count). The SMILES string of the molecule is CC/C=C\C/C=C\C/C=C\C/C=C\CCCCC(=O)OCC(COC(=O)CCCCCCCCCCCCCCCCCCCCCC)OC(=O)CCCCCCCCCCCCCCCCCCCCCC. The van der Waals surface area contributed by atoms with E-state index in [4.69, 9.17) is 14.2 Å². The minimum absolute atomic E-state index is 0.0812. The molecule has 0 spiro atoms. The van der Waals surface area contributed by atoms with Gasteiger partial charge in [0.1, 0.15) is 13.2 Å². The molecule has 0 radical (unpaired) electrons. The number of hydrogen-bond acceptors (Lipinski definition) is 6. The average molecular weight is 1020 g/mol. The highest BCUT2D eigenvalue weighted by Crippen LogP contribution is 2.18. The fourth-order valence-corrected chi connectivity index (χ4v) is 9.56. The molecule has 1 unspecified atom stereocenters. The van der Waals surface area contributed by atoms with Crippen LogP contribution in [0.4, 0.5) is 0 Å². The first-order chi connectivity index (χ1) is 36.0. The molecule has 0 amide bonds. The molecule has 73 heavy (non-hydrogen) atoms. The van der Waals surface area contributed by atoms with Gasteiger partial charge >= 0.3 is 17.9 Å². The topological polar surface area (TPSA) is 78.9 Å². The Hall–Kier alpha value is -2.63. The lowest BCUT2D eigenvalue weighted by Crippen LogP contribution is -2.30. The number of allylic oxidation sites excluding steroid dienone is 8. The molecule has 0 heterocycles. The number of unbranched alkanes of at least 4 members (excludes halogenated alkanes) is 40. The minimum atomic E-state index is -0.787. The maximum Gasteiger partial charge on any atom is 0.306 e. The van der Waals surface area contributed by atoms with Crippen LogP contribution in [-0.4, -0.2) is 37.2 Å². The Labute approximate surface area is 454 Å². The van der Waals surface area contributed by atoms with Gasteiger partial charge in [0.15, 0.2) is 6.10 Å². The van der Waals surface area contributed by atoms with E-state index in [-0.39, 0.29) is 31.1 Å². The maximum atomic E-state index is 12.9. The molecule has 0 aliphatic rings. The van der Waals surface area contributed by atoms with Crippen LogP contribution < -0.4 is 0 Å². The molecule has 0 saturated carbocycles. The van der Waals surface area contributed by atoms with Gasteiger partial charge in [0.2, 0.25) is 0 Å². The first-order valence-electron chi connectivity index (χ1n) is 32.1. The zero-order valence-corrected chi connectivity index (χ0v) is 48.9. The smallest absolute Gasteiger partial charge is 0.306 e. The van der Waals surface area contributed by atoms with Crippen molar-refractivity contribution in [1.82, 2.24) is 0 Å². The van der Waals surface area contributed by atoms with E-state index in [0.29, 0.717) is 19.3 Å². The largest absolute Gasteiger partial charge is 0.462 e. The third kappa shape index (κ3) is 60.1. The van der Waals surface area contributed by atoms with Gasteiger partial charge in [0.25, 0.3) is 0 Å². The molecule has 0 saturated heterocycles. The average Bonchev–Trinajstić information content (AvgIpc) is 3.39. The molecule has 0 aromatic rings. The maximum absolute atomic E-state index is 12.9. The molecule has 6 heteroatoms. The van der Waals surface area contributed by atoms with Gasteiger partial charge in [0, 0.05) is 19.3 Å². The van der Waals surface area contributed by atoms with Crippen molar-refractivity contribution in [3.63, 3.8) is 0 Å². The predicted octanol–water partition coefficient (Wildman–Crippen LogP) is 21.8. The van der Waals surface area contributed by atoms with Gasteiger partial charge < -0.3 is 14.2 Å². The van der Waals surface area contributed by atoms with Crippen LogP contribution >= 0.6 is 0 Å². The standard InChI is InChI=1S/C67H122O6/c1-4-7-10-13-16-19-22-25-28-30-32-34-36-39-42-45-48-51-54-57-60-66(69)72-63-64(62-71-65(68)59-56-53-50-47-44-41-38-27-24-21-18-15-12-9-6-3)73-67(70)61-58-55-52-49-46-43-40-37-35-33-31-29-26-23-20-17-14-11-8-5-2/h9,12,18,21,27,38,44,47,64H,4-8,10-11,13-17,19-20,22-26,28-37,39-43,45-46,48-63H2,1-3H3/b12-9-,21-18-,38-27-,47-44-. The van der Waals surface area contributed by atoms with Gasteiger partial charge in [-0.15, -0.1) is 0 Å². The second kappa shape index (κ2) is 61.9. The Morgan fingerprint density at radius 1 is 0.288 bits per heavy atom. The highest BCUT2D eigenvalue weighted by molar-refractivity contribution is 5.71. The first kappa shape index (κ1) is 70.4. The van der Waals surface area contributed by atoms with Crippen molar-refractivity contribution < 1.29 is 28.6 Å². The van der Waals surface area contributed by atoms with Crippen LogP contribution in [0, 0.1) is 0 Å². The van der Waals surface area contributed by atoms with Gasteiger partial charge in [-0.05, 0) is 57.8 Å². The summed E-state index contributed by atoms with van der Waals surface area (Å²) >= 11 is 0. The second-order valence-corrected chi connectivity index (χ2v) is 21.7. The number of carbonyl (C=O) groups is 3. The normalized spacial score (nSPS) is 12.3. The van der Waals surface area contributed by atoms with Crippen LogP contribution in [0.3, 0.4) is 0 Å². The number of carbonyl (C=O) groups excluding carboxylic acids is 3. The number of rotatable bonds is 59. The Bertz CT molecular complexity index is 1270. The number of ether oxygens (including phenoxy) is 3. The summed E-state index contributed by atoms with van der Waals surface area (Å²) in [6, 6.07) is 0. The Morgan fingerprint density at radius 2 is 0.534 bits per heavy atom. The van der Waals surface area contributed by atoms with Crippen molar-refractivity contribution >= 4 is 17.9 Å². The molecule has 0 fully saturated rings. The summed E-state index contributed by atoms with van der Waals surface area (Å²) in [7, 11) is 0. The first-order valence-corrected chi connectivity index (χ1v) is 32.1. The van der Waals surface area contributed by atoms with Crippen LogP contribution in [0.25, 0.3) is 0 Å². The van der Waals surface area contributed by atoms with E-state index >= 15 is 0 Å². The van der Waals surface area contributed by atoms with Crippen molar-refractivity contribution in [2.75, 3.05) is 13.2 Å². The van der Waals surface area contributed by atoms with E-state index < -0.39 is 6.10 Å². The molecule has 1 atom stereocenters. The van der Waals surface area contributed by atoms with E-state index in [1.165, 1.54) is 218 Å². The molecule has 0 aliphatic heterocycles. The molecular weight excluding hydrogens is 901 g/mol. The third-order valence-electron chi connectivity index (χ3n) is 14.3. The molecule has 0 aromatic heterocycles. The molecule has 0 aromatic carbocycles. The Kier molecular flexibility index (Phi) is 59.7. The highest BCUT2D eigenvalue weighted by atomic mass is 16.6. The quantitative estimate of drug-likeness (QED) is 0.0261. The van der Waals surface area contributed by atoms with Gasteiger partial charge in [0.05, 0.1) is 0 Å². The molecule has 0 N–H and O–H groups in total. The Morgan fingerprint density at radius 3 is 0.836 bits per heavy atom. The molecule has 6 nitrogen and oxygen atoms in total. The zero-order valence-electron chi connectivity index (χ0n) is 48.9. The van der Waals surface area contributed by atoms with E-state index in [0.717, 1.165) is 83.5 Å². The summed E-state index contributed by atoms with van der Waals surface area (Å²) in [5.41, 5.74) is 0. The molecule has 0 aliphatic carbocycles. The summed E-state index contributed by atoms with van der Waals surface area (Å²) < 4.78 is 16.9. The van der Waals surface area contributed by atoms with Crippen LogP contribution in [0.2, 0.25) is 0 Å². The van der Waals surface area contributed by atoms with Gasteiger partial charge in [-0.1, -0.05) is 313 Å². The van der Waals surface area contributed by atoms with Gasteiger partial charge in [-0.2, -0.15) is 0 Å². The Balaban J connectivity index is 4.34. The predicted molar refractivity (Wildman–Crippen MR) is 316 cm³/mol. The lowest BCUT2D eigenvalue weighted by Gasteiger charge is -2.18. The zero-order chi connectivity index (χ0) is 52.9. The molecule has 0 bridgehead atoms. The van der Waals surface area contributed by atoms with Crippen molar-refractivity contribution in [2.45, 2.75) is 348 Å². The van der Waals surface area contributed by atoms with E-state index in [1.807, 2.05) is 0 Å². The lowest BCUT2D eigenvalue weighted by molar-refractivity contribution is -0.167. The van der Waals surface area contributed by atoms with Crippen LogP contribution in [0.1, 0.15) is 342 Å². The summed E-state index contributed by atoms with van der Waals surface area (Å²) in [6.45, 7) is 6.56. The van der Waals surface area contributed by atoms with Crippen molar-refractivity contribution in [3.05, 3.63) is 48.6 Å². The van der Waals surface area contributed by atoms with Crippen LogP contribution in [-0.2, 0) is 28.6 Å². The number of hydrogen-bond donors (Lipinski definition) is 0. The summed E-state index contributed by atoms with van der Waals surface area (Å²) in [4.78, 5) is 38.3. The van der Waals surface area contributed by atoms with Crippen LogP contribution in [0.15, 0.2) is 48.6 Å². The van der Waals surface area contributed by atoms with E-state index in [1.54, 1.807) is 0 Å². The summed E-state index contributed by atoms with van der Waals surface area (Å²) in [6.07, 6.45) is 77.0. The van der Waals surface area contributed by atoms with Gasteiger partial charge in [-0.25, -0.2) is 0 Å². The molecule has 426 valence electrons. The van der Waals surface area contributed by atoms with Gasteiger partial charge in [-0.3, -0.25) is 14.4 Å². The van der Waals surface area contributed by atoms with Crippen molar-refractivity contribution in [1.29, 1.82) is 0 Å². The van der Waals surface area contributed by atoms with Crippen molar-refractivity contribution in [2.24, 2.45) is 0 Å². The second-order valence-electron chi connectivity index (χ2n) is 21.7. The molecular formula is C67H122O6. The fourth-order valence-electron chi connectivity index (χ4n) is 9.56. The fraction of sp³-hybridized carbons (Fsp3) is 0.836. The van der Waals surface area contributed by atoms with E-state index in [2.05, 4.69) is 69.4 Å².